The number of primary sulfonamides is 1. The molecule has 9 heteroatoms. The summed E-state index contributed by atoms with van der Waals surface area (Å²) in [5.74, 6) is -0.0367. The molecule has 0 fully saturated rings. The van der Waals surface area contributed by atoms with E-state index in [2.05, 4.69) is 4.98 Å². The van der Waals surface area contributed by atoms with Crippen molar-refractivity contribution in [3.8, 4) is 0 Å². The monoisotopic (exact) mass is 431 g/mol. The van der Waals surface area contributed by atoms with Crippen LogP contribution in [0.2, 0.25) is 5.02 Å². The van der Waals surface area contributed by atoms with Crippen LogP contribution in [0.4, 0.5) is 0 Å². The minimum atomic E-state index is -3.85. The molecule has 5 nitrogen and oxygen atoms in total. The molecule has 3 rings (SSSR count). The number of rotatable bonds is 4. The third-order valence-electron chi connectivity index (χ3n) is 4.07. The van der Waals surface area contributed by atoms with Crippen LogP contribution in [0.25, 0.3) is 10.2 Å². The van der Waals surface area contributed by atoms with Gasteiger partial charge in [0.25, 0.3) is 0 Å². The Labute approximate surface area is 167 Å². The molecule has 0 radical (unpaired) electrons. The van der Waals surface area contributed by atoms with Gasteiger partial charge in [-0.1, -0.05) is 36.7 Å². The van der Waals surface area contributed by atoms with E-state index in [-0.39, 0.29) is 29.3 Å². The molecule has 0 aliphatic rings. The molecule has 2 unspecified atom stereocenters. The summed E-state index contributed by atoms with van der Waals surface area (Å²) < 4.78 is 24.4. The quantitative estimate of drug-likeness (QED) is 0.646. The Kier molecular flexibility index (Phi) is 6.32. The summed E-state index contributed by atoms with van der Waals surface area (Å²) in [5.41, 5.74) is 8.41. The van der Waals surface area contributed by atoms with Gasteiger partial charge in [-0.05, 0) is 36.2 Å². The first kappa shape index (κ1) is 21.1. The highest BCUT2D eigenvalue weighted by Gasteiger charge is 2.22. The van der Waals surface area contributed by atoms with Gasteiger partial charge in [-0.15, -0.1) is 23.7 Å². The van der Waals surface area contributed by atoms with Crippen molar-refractivity contribution in [1.29, 1.82) is 0 Å². The first-order chi connectivity index (χ1) is 11.7. The van der Waals surface area contributed by atoms with Gasteiger partial charge in [-0.2, -0.15) is 0 Å². The first-order valence-electron chi connectivity index (χ1n) is 7.65. The van der Waals surface area contributed by atoms with Gasteiger partial charge < -0.3 is 5.73 Å². The second kappa shape index (κ2) is 7.80. The Balaban J connectivity index is 0.00000243. The van der Waals surface area contributed by atoms with Crippen molar-refractivity contribution in [3.63, 3.8) is 0 Å². The second-order valence-corrected chi connectivity index (χ2v) is 8.99. The number of nitrogens with zero attached hydrogens (tertiary/aromatic N) is 1. The van der Waals surface area contributed by atoms with E-state index in [0.717, 1.165) is 16.1 Å². The normalized spacial score (nSPS) is 14.0. The predicted octanol–water partition coefficient (Wildman–Crippen LogP) is 4.19. The van der Waals surface area contributed by atoms with Gasteiger partial charge in [-0.25, -0.2) is 18.5 Å². The number of halogens is 2. The molecule has 2 aromatic carbocycles. The summed E-state index contributed by atoms with van der Waals surface area (Å²) in [5, 5.41) is 6.80. The molecule has 0 saturated heterocycles. The lowest BCUT2D eigenvalue weighted by Crippen LogP contribution is -2.13. The van der Waals surface area contributed by atoms with Crippen LogP contribution >= 0.6 is 35.3 Å². The van der Waals surface area contributed by atoms with Crippen LogP contribution in [0.15, 0.2) is 41.3 Å². The summed E-state index contributed by atoms with van der Waals surface area (Å²) in [6.45, 7) is 3.84. The zero-order valence-corrected chi connectivity index (χ0v) is 17.3. The van der Waals surface area contributed by atoms with Gasteiger partial charge in [-0.3, -0.25) is 0 Å². The Morgan fingerprint density at radius 2 is 1.88 bits per heavy atom. The van der Waals surface area contributed by atoms with Crippen LogP contribution < -0.4 is 10.9 Å². The van der Waals surface area contributed by atoms with Crippen LogP contribution in [-0.4, -0.2) is 13.4 Å². The summed E-state index contributed by atoms with van der Waals surface area (Å²) in [7, 11) is -3.85. The lowest BCUT2D eigenvalue weighted by atomic mass is 10.0. The molecule has 0 aliphatic heterocycles. The number of benzene rings is 2. The van der Waals surface area contributed by atoms with Gasteiger partial charge in [0.1, 0.15) is 9.90 Å². The van der Waals surface area contributed by atoms with E-state index < -0.39 is 10.0 Å². The fraction of sp³-hybridized carbons (Fsp3) is 0.235. The van der Waals surface area contributed by atoms with Crippen molar-refractivity contribution < 1.29 is 8.42 Å². The molecule has 3 aromatic rings. The van der Waals surface area contributed by atoms with Crippen molar-refractivity contribution in [3.05, 3.63) is 57.6 Å². The zero-order valence-electron chi connectivity index (χ0n) is 14.1. The fourth-order valence-corrected chi connectivity index (χ4v) is 5.09. The van der Waals surface area contributed by atoms with Gasteiger partial charge in [0.05, 0.1) is 10.2 Å². The third-order valence-corrected chi connectivity index (χ3v) is 6.66. The molecule has 0 bridgehead atoms. The minimum Gasteiger partial charge on any atom is -0.324 e. The van der Waals surface area contributed by atoms with E-state index in [1.165, 1.54) is 17.4 Å². The van der Waals surface area contributed by atoms with Gasteiger partial charge in [0.15, 0.2) is 0 Å². The number of hydrogen-bond acceptors (Lipinski definition) is 5. The van der Waals surface area contributed by atoms with E-state index in [1.807, 2.05) is 38.1 Å². The maximum atomic E-state index is 11.9. The Bertz CT molecular complexity index is 1050. The molecule has 1 heterocycles. The smallest absolute Gasteiger partial charge is 0.239 e. The number of aromatic nitrogens is 1. The molecule has 2 atom stereocenters. The lowest BCUT2D eigenvalue weighted by molar-refractivity contribution is 0.598. The number of thiazole rings is 1. The standard InChI is InChI=1S/C17H18ClN3O2S2.ClH/c1-9(11-4-3-5-12(18)8-11)17-21-15-13(10(2)19)6-7-14(16(15)24-17)25(20,22)23;/h3-10H,19H2,1-2H3,(H2,20,22,23);1H. The third kappa shape index (κ3) is 4.03. The van der Waals surface area contributed by atoms with Crippen LogP contribution in [0.3, 0.4) is 0 Å². The van der Waals surface area contributed by atoms with Crippen molar-refractivity contribution >= 4 is 55.6 Å². The fourth-order valence-electron chi connectivity index (χ4n) is 2.71. The zero-order chi connectivity index (χ0) is 18.4. The molecule has 26 heavy (non-hydrogen) atoms. The molecule has 0 saturated carbocycles. The largest absolute Gasteiger partial charge is 0.324 e. The van der Waals surface area contributed by atoms with Crippen LogP contribution in [0.5, 0.6) is 0 Å². The maximum absolute atomic E-state index is 11.9. The Hall–Kier alpha value is -1.22. The lowest BCUT2D eigenvalue weighted by Gasteiger charge is -2.09. The Morgan fingerprint density at radius 3 is 2.46 bits per heavy atom. The average Bonchev–Trinajstić information content (AvgIpc) is 2.96. The van der Waals surface area contributed by atoms with Crippen LogP contribution in [0, 0.1) is 0 Å². The molecule has 140 valence electrons. The number of nitrogens with two attached hydrogens (primary N) is 2. The second-order valence-electron chi connectivity index (χ2n) is 5.99. The topological polar surface area (TPSA) is 99.1 Å². The van der Waals surface area contributed by atoms with E-state index in [1.54, 1.807) is 6.07 Å². The highest BCUT2D eigenvalue weighted by atomic mass is 35.5. The van der Waals surface area contributed by atoms with E-state index in [9.17, 15) is 8.42 Å². The predicted molar refractivity (Wildman–Crippen MR) is 110 cm³/mol. The average molecular weight is 432 g/mol. The number of hydrogen-bond donors (Lipinski definition) is 2. The van der Waals surface area contributed by atoms with Crippen LogP contribution in [0.1, 0.15) is 41.9 Å². The van der Waals surface area contributed by atoms with Gasteiger partial charge in [0.2, 0.25) is 10.0 Å². The minimum absolute atomic E-state index is 0. The summed E-state index contributed by atoms with van der Waals surface area (Å²) in [6, 6.07) is 10.5. The summed E-state index contributed by atoms with van der Waals surface area (Å²) >= 11 is 7.40. The Morgan fingerprint density at radius 1 is 1.19 bits per heavy atom. The van der Waals surface area contributed by atoms with E-state index in [0.29, 0.717) is 15.2 Å². The number of fused-ring (bicyclic) bond motifs is 1. The van der Waals surface area contributed by atoms with E-state index >= 15 is 0 Å². The molecule has 0 spiro atoms. The molecular weight excluding hydrogens is 413 g/mol. The summed E-state index contributed by atoms with van der Waals surface area (Å²) in [6.07, 6.45) is 0. The van der Waals surface area contributed by atoms with Gasteiger partial charge >= 0.3 is 0 Å². The SMILES string of the molecule is CC(N)c1ccc(S(N)(=O)=O)c2sc(C(C)c3cccc(Cl)c3)nc12.Cl. The van der Waals surface area contributed by atoms with Crippen molar-refractivity contribution in [2.45, 2.75) is 30.7 Å². The summed E-state index contributed by atoms with van der Waals surface area (Å²) in [4.78, 5) is 4.77. The van der Waals surface area contributed by atoms with Crippen molar-refractivity contribution in [2.75, 3.05) is 0 Å². The highest BCUT2D eigenvalue weighted by Crippen LogP contribution is 2.37. The van der Waals surface area contributed by atoms with Gasteiger partial charge in [0, 0.05) is 17.0 Å². The van der Waals surface area contributed by atoms with E-state index in [4.69, 9.17) is 22.5 Å². The van der Waals surface area contributed by atoms with Crippen molar-refractivity contribution in [1.82, 2.24) is 4.98 Å². The highest BCUT2D eigenvalue weighted by molar-refractivity contribution is 7.89. The molecule has 0 aliphatic carbocycles. The molecular formula is C17H19Cl2N3O2S2. The maximum Gasteiger partial charge on any atom is 0.239 e. The molecule has 1 aromatic heterocycles. The van der Waals surface area contributed by atoms with Crippen molar-refractivity contribution in [2.24, 2.45) is 10.9 Å². The molecule has 4 N–H and O–H groups in total. The number of sulfonamides is 1. The molecule has 0 amide bonds. The van der Waals surface area contributed by atoms with Crippen LogP contribution in [-0.2, 0) is 10.0 Å². The first-order valence-corrected chi connectivity index (χ1v) is 10.4.